The Hall–Kier alpha value is -4.43. The summed E-state index contributed by atoms with van der Waals surface area (Å²) in [4.78, 5) is 30.2. The predicted molar refractivity (Wildman–Crippen MR) is 185 cm³/mol. The van der Waals surface area contributed by atoms with Crippen LogP contribution in [0, 0.1) is 33.6 Å². The maximum atomic E-state index is 14.6. The average Bonchev–Trinajstić information content (AvgIpc) is 3.03. The van der Waals surface area contributed by atoms with E-state index in [0.29, 0.717) is 12.2 Å². The number of sulfonamides is 1. The molecule has 0 saturated carbocycles. The second-order valence-corrected chi connectivity index (χ2v) is 14.3. The van der Waals surface area contributed by atoms with Gasteiger partial charge in [-0.25, -0.2) is 8.42 Å². The van der Waals surface area contributed by atoms with Gasteiger partial charge >= 0.3 is 0 Å². The van der Waals surface area contributed by atoms with Crippen LogP contribution in [0.3, 0.4) is 0 Å². The molecule has 0 bridgehead atoms. The van der Waals surface area contributed by atoms with E-state index < -0.39 is 28.5 Å². The van der Waals surface area contributed by atoms with Crippen molar-refractivity contribution in [3.8, 4) is 0 Å². The van der Waals surface area contributed by atoms with E-state index in [2.05, 4.69) is 5.32 Å². The van der Waals surface area contributed by atoms with E-state index >= 15 is 0 Å². The van der Waals surface area contributed by atoms with E-state index in [0.717, 1.165) is 33.4 Å². The minimum Gasteiger partial charge on any atom is -0.354 e. The van der Waals surface area contributed by atoms with Crippen LogP contribution in [0.2, 0.25) is 0 Å². The van der Waals surface area contributed by atoms with Gasteiger partial charge in [-0.15, -0.1) is 0 Å². The largest absolute Gasteiger partial charge is 0.354 e. The standard InChI is InChI=1S/C38H45N3O4S/c1-27(2)24-39-38(43)36(23-32-12-8-7-9-13-32)40(25-33-19-15-28(3)16-20-33)37(42)26-41(35-14-10-11-30(5)31(35)6)46(44,45)34-21-17-29(4)18-22-34/h7-22,27,36H,23-26H2,1-6H3,(H,39,43). The first kappa shape index (κ1) is 34.4. The highest BCUT2D eigenvalue weighted by Gasteiger charge is 2.35. The number of rotatable bonds is 13. The van der Waals surface area contributed by atoms with Crippen LogP contribution in [0.4, 0.5) is 5.69 Å². The molecule has 2 amide bonds. The van der Waals surface area contributed by atoms with Crippen molar-refractivity contribution in [2.75, 3.05) is 17.4 Å². The molecule has 1 N–H and O–H groups in total. The number of hydrogen-bond acceptors (Lipinski definition) is 4. The lowest BCUT2D eigenvalue weighted by Gasteiger charge is -2.34. The number of carbonyl (C=O) groups excluding carboxylic acids is 2. The Morgan fingerprint density at radius 3 is 1.96 bits per heavy atom. The third-order valence-corrected chi connectivity index (χ3v) is 9.94. The fraction of sp³-hybridized carbons (Fsp3) is 0.316. The molecule has 4 aromatic rings. The molecule has 1 atom stereocenters. The molecule has 1 unspecified atom stereocenters. The molecule has 0 aliphatic rings. The molecule has 0 aromatic heterocycles. The zero-order valence-electron chi connectivity index (χ0n) is 27.7. The molecule has 4 aromatic carbocycles. The third kappa shape index (κ3) is 8.63. The number of hydrogen-bond donors (Lipinski definition) is 1. The average molecular weight is 640 g/mol. The molecule has 7 nitrogen and oxygen atoms in total. The summed E-state index contributed by atoms with van der Waals surface area (Å²) >= 11 is 0. The number of benzene rings is 4. The van der Waals surface area contributed by atoms with Crippen LogP contribution < -0.4 is 9.62 Å². The highest BCUT2D eigenvalue weighted by Crippen LogP contribution is 2.29. The smallest absolute Gasteiger partial charge is 0.264 e. The molecule has 46 heavy (non-hydrogen) atoms. The maximum absolute atomic E-state index is 14.6. The number of nitrogens with zero attached hydrogens (tertiary/aromatic N) is 2. The Kier molecular flexibility index (Phi) is 11.4. The van der Waals surface area contributed by atoms with Gasteiger partial charge < -0.3 is 10.2 Å². The van der Waals surface area contributed by atoms with E-state index in [-0.39, 0.29) is 29.7 Å². The molecule has 0 heterocycles. The van der Waals surface area contributed by atoms with Crippen molar-refractivity contribution in [3.05, 3.63) is 130 Å². The molecular weight excluding hydrogens is 595 g/mol. The highest BCUT2D eigenvalue weighted by molar-refractivity contribution is 7.92. The molecule has 0 aliphatic heterocycles. The molecule has 0 saturated heterocycles. The first-order valence-corrected chi connectivity index (χ1v) is 17.1. The summed E-state index contributed by atoms with van der Waals surface area (Å²) in [5, 5.41) is 3.03. The summed E-state index contributed by atoms with van der Waals surface area (Å²) in [5.41, 5.74) is 5.82. The second-order valence-electron chi connectivity index (χ2n) is 12.4. The summed E-state index contributed by atoms with van der Waals surface area (Å²) in [7, 11) is -4.16. The van der Waals surface area contributed by atoms with Crippen LogP contribution in [0.1, 0.15) is 47.2 Å². The monoisotopic (exact) mass is 639 g/mol. The molecule has 0 fully saturated rings. The van der Waals surface area contributed by atoms with Gasteiger partial charge in [-0.1, -0.05) is 104 Å². The van der Waals surface area contributed by atoms with Gasteiger partial charge in [0, 0.05) is 19.5 Å². The lowest BCUT2D eigenvalue weighted by Crippen LogP contribution is -2.53. The van der Waals surface area contributed by atoms with Crippen molar-refractivity contribution in [1.29, 1.82) is 0 Å². The van der Waals surface area contributed by atoms with Gasteiger partial charge in [-0.05, 0) is 74.1 Å². The van der Waals surface area contributed by atoms with E-state index in [9.17, 15) is 18.0 Å². The van der Waals surface area contributed by atoms with Crippen LogP contribution in [0.5, 0.6) is 0 Å². The number of aryl methyl sites for hydroxylation is 3. The number of carbonyl (C=O) groups is 2. The van der Waals surface area contributed by atoms with Crippen molar-refractivity contribution in [3.63, 3.8) is 0 Å². The Morgan fingerprint density at radius 2 is 1.35 bits per heavy atom. The zero-order chi connectivity index (χ0) is 33.4. The fourth-order valence-electron chi connectivity index (χ4n) is 5.22. The van der Waals surface area contributed by atoms with Gasteiger partial charge in [0.2, 0.25) is 11.8 Å². The van der Waals surface area contributed by atoms with Gasteiger partial charge in [0.05, 0.1) is 10.6 Å². The summed E-state index contributed by atoms with van der Waals surface area (Å²) in [5.74, 6) is -0.544. The van der Waals surface area contributed by atoms with Gasteiger partial charge in [0.15, 0.2) is 0 Å². The Balaban J connectivity index is 1.82. The Bertz CT molecular complexity index is 1740. The quantitative estimate of drug-likeness (QED) is 0.180. The minimum absolute atomic E-state index is 0.0902. The van der Waals surface area contributed by atoms with Crippen molar-refractivity contribution in [1.82, 2.24) is 10.2 Å². The number of anilines is 1. The summed E-state index contributed by atoms with van der Waals surface area (Å²) in [6.45, 7) is 11.8. The van der Waals surface area contributed by atoms with E-state index in [1.165, 1.54) is 9.21 Å². The van der Waals surface area contributed by atoms with E-state index in [1.807, 2.05) is 102 Å². The summed E-state index contributed by atoms with van der Waals surface area (Å²) in [6, 6.07) is 28.6. The normalized spacial score (nSPS) is 12.1. The van der Waals surface area contributed by atoms with E-state index in [1.54, 1.807) is 36.4 Å². The van der Waals surface area contributed by atoms with Crippen molar-refractivity contribution < 1.29 is 18.0 Å². The van der Waals surface area contributed by atoms with Gasteiger partial charge in [0.25, 0.3) is 10.0 Å². The zero-order valence-corrected chi connectivity index (χ0v) is 28.5. The van der Waals surface area contributed by atoms with Crippen LogP contribution in [0.25, 0.3) is 0 Å². The molecular formula is C38H45N3O4S. The van der Waals surface area contributed by atoms with Crippen molar-refractivity contribution in [2.24, 2.45) is 5.92 Å². The predicted octanol–water partition coefficient (Wildman–Crippen LogP) is 6.53. The molecule has 242 valence electrons. The summed E-state index contributed by atoms with van der Waals surface area (Å²) in [6.07, 6.45) is 0.274. The van der Waals surface area contributed by atoms with Crippen LogP contribution in [-0.4, -0.2) is 44.3 Å². The van der Waals surface area contributed by atoms with Crippen LogP contribution >= 0.6 is 0 Å². The Morgan fingerprint density at radius 1 is 0.739 bits per heavy atom. The third-order valence-electron chi connectivity index (χ3n) is 8.16. The molecule has 0 spiro atoms. The van der Waals surface area contributed by atoms with Crippen molar-refractivity contribution >= 4 is 27.5 Å². The first-order chi connectivity index (χ1) is 21.9. The molecule has 4 rings (SSSR count). The number of amides is 2. The van der Waals surface area contributed by atoms with Crippen LogP contribution in [0.15, 0.2) is 102 Å². The maximum Gasteiger partial charge on any atom is 0.264 e. The van der Waals surface area contributed by atoms with Crippen molar-refractivity contribution in [2.45, 2.75) is 65.4 Å². The van der Waals surface area contributed by atoms with E-state index in [4.69, 9.17) is 0 Å². The molecule has 0 aliphatic carbocycles. The lowest BCUT2D eigenvalue weighted by molar-refractivity contribution is -0.140. The molecule has 0 radical (unpaired) electrons. The summed E-state index contributed by atoms with van der Waals surface area (Å²) < 4.78 is 29.8. The fourth-order valence-corrected chi connectivity index (χ4v) is 6.69. The number of nitrogens with one attached hydrogen (secondary N) is 1. The van der Waals surface area contributed by atoms with Gasteiger partial charge in [0.1, 0.15) is 12.6 Å². The topological polar surface area (TPSA) is 86.8 Å². The first-order valence-electron chi connectivity index (χ1n) is 15.7. The second kappa shape index (κ2) is 15.2. The van der Waals surface area contributed by atoms with Crippen LogP contribution in [-0.2, 0) is 32.6 Å². The lowest BCUT2D eigenvalue weighted by atomic mass is 10.0. The van der Waals surface area contributed by atoms with Gasteiger partial charge in [-0.3, -0.25) is 13.9 Å². The van der Waals surface area contributed by atoms with Gasteiger partial charge in [-0.2, -0.15) is 0 Å². The SMILES string of the molecule is Cc1ccc(CN(C(=O)CN(c2cccc(C)c2C)S(=O)(=O)c2ccc(C)cc2)C(Cc2ccccc2)C(=O)NCC(C)C)cc1. The highest BCUT2D eigenvalue weighted by atomic mass is 32.2. The minimum atomic E-state index is -4.16. The molecule has 8 heteroatoms. The Labute approximate surface area is 274 Å².